The van der Waals surface area contributed by atoms with Crippen molar-refractivity contribution in [3.8, 4) is 0 Å². The van der Waals surface area contributed by atoms with Crippen molar-refractivity contribution in [3.63, 3.8) is 0 Å². The molecule has 0 bridgehead atoms. The van der Waals surface area contributed by atoms with Gasteiger partial charge in [-0.2, -0.15) is 10.3 Å². The normalized spacial score (nSPS) is 13.3. The largest absolute Gasteiger partial charge is 0.595 e. The number of guanidine groups is 1. The average molecular weight is 285 g/mol. The number of hydrogen-bond donors (Lipinski definition) is 4. The maximum Gasteiger partial charge on any atom is 0.214 e. The van der Waals surface area contributed by atoms with Gasteiger partial charge in [-0.15, -0.1) is 0 Å². The zero-order valence-electron chi connectivity index (χ0n) is 11.1. The second kappa shape index (κ2) is 7.15. The van der Waals surface area contributed by atoms with Crippen molar-refractivity contribution in [2.45, 2.75) is 0 Å². The van der Waals surface area contributed by atoms with Gasteiger partial charge in [-0.25, -0.2) is 15.6 Å². The number of nitrogens with zero attached hydrogens (tertiary/aromatic N) is 2. The van der Waals surface area contributed by atoms with Crippen LogP contribution in [-0.4, -0.2) is 17.4 Å². The predicted octanol–water partition coefficient (Wildman–Crippen LogP) is 0.660. The molecule has 2 rings (SSSR count). The van der Waals surface area contributed by atoms with Crippen LogP contribution in [0.25, 0.3) is 0 Å². The minimum atomic E-state index is -0.983. The standard InChI is InChI=1S/C14H15N5O2/c15-14(17-12-6-2-1-3-7-12)18-16-10-11-5-4-8-13(9-11)19(20)21/h1-10,19-20H,(H3,15,17,18)/b16-10+. The highest BCUT2D eigenvalue weighted by Gasteiger charge is 1.99. The molecule has 1 unspecified atom stereocenters. The van der Waals surface area contributed by atoms with Crippen LogP contribution in [0.5, 0.6) is 0 Å². The third-order valence-electron chi connectivity index (χ3n) is 2.53. The number of quaternary nitrogens is 1. The topological polar surface area (TPSA) is 110 Å². The van der Waals surface area contributed by atoms with Crippen LogP contribution >= 0.6 is 0 Å². The number of para-hydroxylation sites is 1. The Labute approximate surface area is 121 Å². The summed E-state index contributed by atoms with van der Waals surface area (Å²) in [6.45, 7) is 0. The lowest BCUT2D eigenvalue weighted by Gasteiger charge is -2.11. The summed E-state index contributed by atoms with van der Waals surface area (Å²) in [5.74, 6) is 0.145. The van der Waals surface area contributed by atoms with E-state index in [0.29, 0.717) is 11.3 Å². The first-order valence-electron chi connectivity index (χ1n) is 6.17. The molecule has 7 heteroatoms. The molecule has 1 atom stereocenters. The number of aliphatic imine (C=N–C) groups is 1. The molecule has 0 saturated heterocycles. The summed E-state index contributed by atoms with van der Waals surface area (Å²) in [7, 11) is 0. The quantitative estimate of drug-likeness (QED) is 0.375. The van der Waals surface area contributed by atoms with Gasteiger partial charge in [-0.05, 0) is 12.1 Å². The molecular weight excluding hydrogens is 270 g/mol. The highest BCUT2D eigenvalue weighted by Crippen LogP contribution is 2.08. The number of hydrazone groups is 1. The summed E-state index contributed by atoms with van der Waals surface area (Å²) >= 11 is 0. The van der Waals surface area contributed by atoms with E-state index < -0.39 is 5.23 Å². The summed E-state index contributed by atoms with van der Waals surface area (Å²) in [4.78, 5) is 4.11. The lowest BCUT2D eigenvalue weighted by Crippen LogP contribution is -2.99. The maximum absolute atomic E-state index is 10.8. The van der Waals surface area contributed by atoms with Crippen LogP contribution < -0.4 is 16.4 Å². The van der Waals surface area contributed by atoms with Crippen LogP contribution in [0, 0.1) is 5.21 Å². The molecule has 0 saturated carbocycles. The Bertz CT molecular complexity index is 641. The van der Waals surface area contributed by atoms with Gasteiger partial charge < -0.3 is 10.9 Å². The van der Waals surface area contributed by atoms with E-state index in [9.17, 15) is 5.21 Å². The average Bonchev–Trinajstić information content (AvgIpc) is 2.48. The number of nitrogens with two attached hydrogens (primary N) is 1. The summed E-state index contributed by atoms with van der Waals surface area (Å²) in [5.41, 5.74) is 9.82. The fraction of sp³-hybridized carbons (Fsp3) is 0. The second-order valence-corrected chi connectivity index (χ2v) is 4.13. The molecule has 0 radical (unpaired) electrons. The van der Waals surface area contributed by atoms with E-state index in [4.69, 9.17) is 10.9 Å². The molecule has 5 N–H and O–H groups in total. The van der Waals surface area contributed by atoms with Gasteiger partial charge in [-0.3, -0.25) is 0 Å². The zero-order chi connectivity index (χ0) is 15.1. The first-order chi connectivity index (χ1) is 10.1. The van der Waals surface area contributed by atoms with Crippen LogP contribution in [0.2, 0.25) is 0 Å². The van der Waals surface area contributed by atoms with Crippen molar-refractivity contribution in [3.05, 3.63) is 65.4 Å². The maximum atomic E-state index is 10.8. The smallest absolute Gasteiger partial charge is 0.214 e. The van der Waals surface area contributed by atoms with Crippen molar-refractivity contribution in [2.24, 2.45) is 15.8 Å². The number of hydrogen-bond acceptors (Lipinski definition) is 4. The molecule has 0 aromatic heterocycles. The Morgan fingerprint density at radius 3 is 2.67 bits per heavy atom. The fourth-order valence-corrected chi connectivity index (χ4v) is 1.59. The van der Waals surface area contributed by atoms with E-state index >= 15 is 0 Å². The van der Waals surface area contributed by atoms with Crippen LogP contribution in [-0.2, 0) is 0 Å². The Balaban J connectivity index is 1.99. The van der Waals surface area contributed by atoms with Gasteiger partial charge in [0.2, 0.25) is 5.96 Å². The number of nitrogens with one attached hydrogen (secondary N) is 2. The summed E-state index contributed by atoms with van der Waals surface area (Å²) in [6, 6.07) is 15.6. The van der Waals surface area contributed by atoms with Gasteiger partial charge in [0, 0.05) is 17.7 Å². The third-order valence-corrected chi connectivity index (χ3v) is 2.53. The Morgan fingerprint density at radius 2 is 1.95 bits per heavy atom. The molecule has 2 aromatic carbocycles. The monoisotopic (exact) mass is 285 g/mol. The molecule has 0 spiro atoms. The van der Waals surface area contributed by atoms with E-state index in [1.165, 1.54) is 18.3 Å². The highest BCUT2D eigenvalue weighted by atomic mass is 16.8. The Kier molecular flexibility index (Phi) is 4.99. The molecule has 0 fully saturated rings. The summed E-state index contributed by atoms with van der Waals surface area (Å²) < 4.78 is 0. The molecule has 7 nitrogen and oxygen atoms in total. The number of benzene rings is 2. The molecule has 2 aromatic rings. The lowest BCUT2D eigenvalue weighted by molar-refractivity contribution is -0.991. The van der Waals surface area contributed by atoms with E-state index in [0.717, 1.165) is 0 Å². The van der Waals surface area contributed by atoms with Gasteiger partial charge in [0.1, 0.15) is 0 Å². The molecular formula is C14H15N5O2. The van der Waals surface area contributed by atoms with Gasteiger partial charge in [0.25, 0.3) is 0 Å². The Morgan fingerprint density at radius 1 is 1.19 bits per heavy atom. The van der Waals surface area contributed by atoms with E-state index in [1.807, 2.05) is 30.3 Å². The molecule has 0 amide bonds. The van der Waals surface area contributed by atoms with Crippen molar-refractivity contribution in [1.29, 1.82) is 0 Å². The predicted molar refractivity (Wildman–Crippen MR) is 80.7 cm³/mol. The van der Waals surface area contributed by atoms with Crippen molar-refractivity contribution < 1.29 is 10.4 Å². The highest BCUT2D eigenvalue weighted by molar-refractivity contribution is 5.84. The molecule has 108 valence electrons. The molecule has 0 aliphatic rings. The third kappa shape index (κ3) is 4.69. The zero-order valence-corrected chi connectivity index (χ0v) is 11.1. The fourth-order valence-electron chi connectivity index (χ4n) is 1.59. The summed E-state index contributed by atoms with van der Waals surface area (Å²) in [6.07, 6.45) is 1.47. The van der Waals surface area contributed by atoms with E-state index in [-0.39, 0.29) is 11.6 Å². The van der Waals surface area contributed by atoms with Crippen molar-refractivity contribution in [1.82, 2.24) is 5.43 Å². The SMILES string of the molecule is NC(=Nc1ccccc1)N/N=C/c1cccc([NH+]([O-])O)c1. The first-order valence-corrected chi connectivity index (χ1v) is 6.17. The van der Waals surface area contributed by atoms with Gasteiger partial charge in [-0.1, -0.05) is 30.3 Å². The van der Waals surface area contributed by atoms with Gasteiger partial charge in [0.05, 0.1) is 11.9 Å². The lowest BCUT2D eigenvalue weighted by atomic mass is 10.2. The van der Waals surface area contributed by atoms with Gasteiger partial charge in [0.15, 0.2) is 5.69 Å². The molecule has 0 heterocycles. The molecule has 0 aliphatic carbocycles. The van der Waals surface area contributed by atoms with Crippen LogP contribution in [0.4, 0.5) is 11.4 Å². The Hall–Kier alpha value is -2.74. The molecule has 0 aliphatic heterocycles. The number of rotatable bonds is 4. The van der Waals surface area contributed by atoms with E-state index in [1.54, 1.807) is 12.1 Å². The summed E-state index contributed by atoms with van der Waals surface area (Å²) in [5, 5.41) is 22.7. The second-order valence-electron chi connectivity index (χ2n) is 4.13. The minimum absolute atomic E-state index is 0.145. The van der Waals surface area contributed by atoms with Crippen molar-refractivity contribution in [2.75, 3.05) is 0 Å². The van der Waals surface area contributed by atoms with Crippen LogP contribution in [0.3, 0.4) is 0 Å². The van der Waals surface area contributed by atoms with Gasteiger partial charge >= 0.3 is 0 Å². The molecule has 21 heavy (non-hydrogen) atoms. The minimum Gasteiger partial charge on any atom is -0.595 e. The first kappa shape index (κ1) is 14.7. The van der Waals surface area contributed by atoms with Crippen molar-refractivity contribution >= 4 is 23.5 Å². The van der Waals surface area contributed by atoms with Crippen LogP contribution in [0.15, 0.2) is 64.7 Å². The van der Waals surface area contributed by atoms with Crippen LogP contribution in [0.1, 0.15) is 5.56 Å². The van der Waals surface area contributed by atoms with E-state index in [2.05, 4.69) is 15.5 Å².